The maximum absolute atomic E-state index is 13.0. The highest BCUT2D eigenvalue weighted by Crippen LogP contribution is 2.37. The Hall–Kier alpha value is -2.93. The second kappa shape index (κ2) is 6.91. The van der Waals surface area contributed by atoms with Gasteiger partial charge in [-0.1, -0.05) is 60.7 Å². The van der Waals surface area contributed by atoms with Crippen molar-refractivity contribution in [1.29, 1.82) is 0 Å². The van der Waals surface area contributed by atoms with Crippen LogP contribution in [0.25, 0.3) is 0 Å². The molecule has 0 spiro atoms. The Morgan fingerprint density at radius 3 is 2.07 bits per heavy atom. The van der Waals surface area contributed by atoms with E-state index in [0.29, 0.717) is 5.57 Å². The lowest BCUT2D eigenvalue weighted by atomic mass is 10.0. The molecule has 6 nitrogen and oxygen atoms in total. The lowest BCUT2D eigenvalue weighted by Gasteiger charge is -2.43. The average Bonchev–Trinajstić information content (AvgIpc) is 2.68. The fourth-order valence-electron chi connectivity index (χ4n) is 3.64. The number of rotatable bonds is 4. The highest BCUT2D eigenvalue weighted by molar-refractivity contribution is 7.92. The molecule has 1 amide bonds. The number of carbonyl (C=O) groups excluding carboxylic acids is 2. The summed E-state index contributed by atoms with van der Waals surface area (Å²) in [6.45, 7) is 1.55. The van der Waals surface area contributed by atoms with Gasteiger partial charge in [0.15, 0.2) is 15.9 Å². The summed E-state index contributed by atoms with van der Waals surface area (Å²) >= 11 is 0. The third-order valence-corrected chi connectivity index (χ3v) is 7.05. The van der Waals surface area contributed by atoms with Gasteiger partial charge in [-0.15, -0.1) is 0 Å². The quantitative estimate of drug-likeness (QED) is 0.585. The molecule has 0 N–H and O–H groups in total. The molecule has 1 fully saturated rings. The van der Waals surface area contributed by atoms with Gasteiger partial charge in [0, 0.05) is 0 Å². The van der Waals surface area contributed by atoms with Crippen LogP contribution in [0, 0.1) is 0 Å². The summed E-state index contributed by atoms with van der Waals surface area (Å²) in [4.78, 5) is 26.2. The van der Waals surface area contributed by atoms with E-state index in [1.165, 1.54) is 0 Å². The zero-order chi connectivity index (χ0) is 19.9. The molecule has 28 heavy (non-hydrogen) atoms. The first-order chi connectivity index (χ1) is 13.4. The van der Waals surface area contributed by atoms with E-state index in [1.807, 2.05) is 60.7 Å². The van der Waals surface area contributed by atoms with Crippen LogP contribution in [0.5, 0.6) is 0 Å². The SMILES string of the molecule is CC1=C(C(=O)OC(c2ccccc2)c2ccccc2)N2C(=O)C[C@H]2S(=O)(=O)C1. The molecule has 0 aliphatic carbocycles. The number of fused-ring (bicyclic) bond motifs is 1. The highest BCUT2D eigenvalue weighted by atomic mass is 32.2. The van der Waals surface area contributed by atoms with Crippen LogP contribution in [0.2, 0.25) is 0 Å². The van der Waals surface area contributed by atoms with Crippen LogP contribution in [-0.4, -0.2) is 36.3 Å². The van der Waals surface area contributed by atoms with Gasteiger partial charge < -0.3 is 4.74 Å². The Kier molecular flexibility index (Phi) is 4.55. The summed E-state index contributed by atoms with van der Waals surface area (Å²) in [6, 6.07) is 18.6. The van der Waals surface area contributed by atoms with Crippen LogP contribution in [0.1, 0.15) is 30.6 Å². The van der Waals surface area contributed by atoms with Gasteiger partial charge in [0.05, 0.1) is 12.2 Å². The summed E-state index contributed by atoms with van der Waals surface area (Å²) in [5.74, 6) is -1.31. The van der Waals surface area contributed by atoms with E-state index < -0.39 is 27.3 Å². The number of ether oxygens (including phenoxy) is 1. The maximum atomic E-state index is 13.0. The largest absolute Gasteiger partial charge is 0.448 e. The molecule has 0 saturated carbocycles. The molecule has 144 valence electrons. The molecule has 0 unspecified atom stereocenters. The van der Waals surface area contributed by atoms with E-state index in [9.17, 15) is 18.0 Å². The molecule has 2 aliphatic heterocycles. The zero-order valence-corrected chi connectivity index (χ0v) is 16.1. The Labute approximate surface area is 163 Å². The Balaban J connectivity index is 1.70. The summed E-state index contributed by atoms with van der Waals surface area (Å²) < 4.78 is 30.3. The fourth-order valence-corrected chi connectivity index (χ4v) is 5.51. The first kappa shape index (κ1) is 18.4. The minimum atomic E-state index is -3.47. The second-order valence-corrected chi connectivity index (χ2v) is 9.12. The number of sulfone groups is 1. The van der Waals surface area contributed by atoms with Crippen molar-refractivity contribution in [3.05, 3.63) is 83.1 Å². The predicted octanol–water partition coefficient (Wildman–Crippen LogP) is 2.58. The van der Waals surface area contributed by atoms with Crippen LogP contribution in [0.4, 0.5) is 0 Å². The number of hydrogen-bond acceptors (Lipinski definition) is 5. The van der Waals surface area contributed by atoms with Crippen molar-refractivity contribution in [2.24, 2.45) is 0 Å². The molecule has 2 aromatic carbocycles. The van der Waals surface area contributed by atoms with Crippen LogP contribution >= 0.6 is 0 Å². The van der Waals surface area contributed by atoms with Crippen molar-refractivity contribution in [3.63, 3.8) is 0 Å². The number of carbonyl (C=O) groups is 2. The lowest BCUT2D eigenvalue weighted by Crippen LogP contribution is -2.60. The number of benzene rings is 2. The van der Waals surface area contributed by atoms with Crippen molar-refractivity contribution >= 4 is 21.7 Å². The van der Waals surface area contributed by atoms with Crippen molar-refractivity contribution in [2.45, 2.75) is 24.8 Å². The minimum Gasteiger partial charge on any atom is -0.448 e. The predicted molar refractivity (Wildman–Crippen MR) is 103 cm³/mol. The molecule has 1 atom stereocenters. The molecule has 0 radical (unpaired) electrons. The smallest absolute Gasteiger partial charge is 0.356 e. The van der Waals surface area contributed by atoms with E-state index in [1.54, 1.807) is 6.92 Å². The third-order valence-electron chi connectivity index (χ3n) is 5.01. The van der Waals surface area contributed by atoms with E-state index in [4.69, 9.17) is 4.74 Å². The van der Waals surface area contributed by atoms with Gasteiger partial charge in [0.1, 0.15) is 11.1 Å². The molecule has 2 aliphatic rings. The standard InChI is InChI=1S/C21H19NO5S/c1-14-13-28(25,26)18-12-17(23)22(18)19(14)21(24)27-20(15-8-4-2-5-9-15)16-10-6-3-7-11-16/h2-11,18,20H,12-13H2,1H3/t18-/m1/s1. The van der Waals surface area contributed by atoms with Crippen LogP contribution < -0.4 is 0 Å². The Morgan fingerprint density at radius 1 is 1.04 bits per heavy atom. The van der Waals surface area contributed by atoms with E-state index in [0.717, 1.165) is 16.0 Å². The van der Waals surface area contributed by atoms with E-state index in [2.05, 4.69) is 0 Å². The van der Waals surface area contributed by atoms with Crippen LogP contribution in [-0.2, 0) is 24.2 Å². The van der Waals surface area contributed by atoms with Gasteiger partial charge in [-0.3, -0.25) is 9.69 Å². The van der Waals surface area contributed by atoms with Gasteiger partial charge in [0.2, 0.25) is 5.91 Å². The summed E-state index contributed by atoms with van der Waals surface area (Å²) in [6.07, 6.45) is -0.753. The molecule has 4 rings (SSSR count). The normalized spacial score (nSPS) is 20.6. The molecule has 7 heteroatoms. The second-order valence-electron chi connectivity index (χ2n) is 6.97. The van der Waals surface area contributed by atoms with Crippen LogP contribution in [0.3, 0.4) is 0 Å². The third kappa shape index (κ3) is 3.11. The Morgan fingerprint density at radius 2 is 1.57 bits per heavy atom. The summed E-state index contributed by atoms with van der Waals surface area (Å²) in [5.41, 5.74) is 1.95. The Bertz CT molecular complexity index is 1020. The molecule has 0 bridgehead atoms. The first-order valence-corrected chi connectivity index (χ1v) is 10.6. The number of β-lactam (4-membered cyclic amide) rings is 1. The van der Waals surface area contributed by atoms with Gasteiger partial charge >= 0.3 is 5.97 Å². The van der Waals surface area contributed by atoms with Gasteiger partial charge in [-0.25, -0.2) is 13.2 Å². The number of esters is 1. The summed E-state index contributed by atoms with van der Waals surface area (Å²) in [5, 5.41) is -0.960. The molecular formula is C21H19NO5S. The number of amides is 1. The zero-order valence-electron chi connectivity index (χ0n) is 15.2. The van der Waals surface area contributed by atoms with E-state index in [-0.39, 0.29) is 23.8 Å². The van der Waals surface area contributed by atoms with Gasteiger partial charge in [-0.2, -0.15) is 0 Å². The first-order valence-electron chi connectivity index (χ1n) is 8.93. The molecular weight excluding hydrogens is 378 g/mol. The lowest BCUT2D eigenvalue weighted by molar-refractivity contribution is -0.152. The van der Waals surface area contributed by atoms with Crippen molar-refractivity contribution < 1.29 is 22.7 Å². The van der Waals surface area contributed by atoms with Crippen LogP contribution in [0.15, 0.2) is 71.9 Å². The number of hydrogen-bond donors (Lipinski definition) is 0. The molecule has 2 heterocycles. The van der Waals surface area contributed by atoms with Crippen molar-refractivity contribution in [1.82, 2.24) is 4.90 Å². The van der Waals surface area contributed by atoms with Crippen molar-refractivity contribution in [3.8, 4) is 0 Å². The molecule has 2 aromatic rings. The number of nitrogens with zero attached hydrogens (tertiary/aromatic N) is 1. The fraction of sp³-hybridized carbons (Fsp3) is 0.238. The summed E-state index contributed by atoms with van der Waals surface area (Å²) in [7, 11) is -3.47. The topological polar surface area (TPSA) is 80.8 Å². The minimum absolute atomic E-state index is 0.0490. The maximum Gasteiger partial charge on any atom is 0.356 e. The average molecular weight is 397 g/mol. The monoisotopic (exact) mass is 397 g/mol. The van der Waals surface area contributed by atoms with Gasteiger partial charge in [0.25, 0.3) is 0 Å². The molecule has 1 saturated heterocycles. The van der Waals surface area contributed by atoms with Crippen molar-refractivity contribution in [2.75, 3.05) is 5.75 Å². The highest BCUT2D eigenvalue weighted by Gasteiger charge is 2.52. The van der Waals surface area contributed by atoms with E-state index >= 15 is 0 Å². The molecule has 0 aromatic heterocycles. The van der Waals surface area contributed by atoms with Gasteiger partial charge in [-0.05, 0) is 23.6 Å².